The Labute approximate surface area is 114 Å². The van der Waals surface area contributed by atoms with E-state index in [-0.39, 0.29) is 0 Å². The van der Waals surface area contributed by atoms with Crippen molar-refractivity contribution < 1.29 is 0 Å². The van der Waals surface area contributed by atoms with Crippen LogP contribution in [-0.4, -0.2) is 9.78 Å². The lowest BCUT2D eigenvalue weighted by Gasteiger charge is -2.05. The third-order valence-electron chi connectivity index (χ3n) is 2.77. The van der Waals surface area contributed by atoms with Crippen molar-refractivity contribution in [3.05, 3.63) is 71.5 Å². The van der Waals surface area contributed by atoms with Crippen LogP contribution in [0.4, 0.5) is 0 Å². The summed E-state index contributed by atoms with van der Waals surface area (Å²) in [5.74, 6) is 0. The van der Waals surface area contributed by atoms with E-state index in [2.05, 4.69) is 45.3 Å². The van der Waals surface area contributed by atoms with Crippen LogP contribution in [0.5, 0.6) is 0 Å². The van der Waals surface area contributed by atoms with E-state index in [1.54, 1.807) is 6.20 Å². The second kappa shape index (κ2) is 4.78. The van der Waals surface area contributed by atoms with Crippen LogP contribution in [0.3, 0.4) is 0 Å². The van der Waals surface area contributed by atoms with Crippen molar-refractivity contribution in [3.63, 3.8) is 0 Å². The second-order valence-electron chi connectivity index (χ2n) is 4.02. The minimum atomic E-state index is 0.979. The van der Waals surface area contributed by atoms with Gasteiger partial charge in [0.25, 0.3) is 0 Å². The predicted molar refractivity (Wildman–Crippen MR) is 76.7 cm³/mol. The minimum Gasteiger partial charge on any atom is -0.240 e. The van der Waals surface area contributed by atoms with Gasteiger partial charge in [-0.2, -0.15) is 5.10 Å². The van der Waals surface area contributed by atoms with Gasteiger partial charge in [0.2, 0.25) is 0 Å². The van der Waals surface area contributed by atoms with Crippen molar-refractivity contribution in [2.24, 2.45) is 0 Å². The summed E-state index contributed by atoms with van der Waals surface area (Å²) in [7, 11) is 0. The van der Waals surface area contributed by atoms with E-state index in [9.17, 15) is 0 Å². The zero-order valence-electron chi connectivity index (χ0n) is 9.62. The maximum atomic E-state index is 4.29. The van der Waals surface area contributed by atoms with Gasteiger partial charge in [-0.15, -0.1) is 0 Å². The summed E-state index contributed by atoms with van der Waals surface area (Å²) in [6, 6.07) is 18.7. The molecule has 3 heteroatoms. The van der Waals surface area contributed by atoms with E-state index in [1.165, 1.54) is 11.1 Å². The molecule has 18 heavy (non-hydrogen) atoms. The molecule has 0 saturated carbocycles. The van der Waals surface area contributed by atoms with E-state index in [0.717, 1.165) is 10.2 Å². The van der Waals surface area contributed by atoms with Crippen LogP contribution in [0.2, 0.25) is 0 Å². The number of rotatable bonds is 2. The first-order valence-corrected chi connectivity index (χ1v) is 6.48. The summed E-state index contributed by atoms with van der Waals surface area (Å²) < 4.78 is 2.84. The molecule has 0 amide bonds. The topological polar surface area (TPSA) is 17.8 Å². The minimum absolute atomic E-state index is 0.979. The number of benzene rings is 2. The maximum absolute atomic E-state index is 4.29. The predicted octanol–water partition coefficient (Wildman–Crippen LogP) is 4.30. The fourth-order valence-electron chi connectivity index (χ4n) is 1.90. The Morgan fingerprint density at radius 2 is 1.67 bits per heavy atom. The van der Waals surface area contributed by atoms with Crippen molar-refractivity contribution in [3.8, 4) is 16.8 Å². The molecular formula is C15H11BrN2. The Morgan fingerprint density at radius 3 is 2.39 bits per heavy atom. The van der Waals surface area contributed by atoms with E-state index in [4.69, 9.17) is 0 Å². The summed E-state index contributed by atoms with van der Waals surface area (Å²) in [5.41, 5.74) is 3.47. The Balaban J connectivity index is 2.05. The molecule has 3 rings (SSSR count). The number of aromatic nitrogens is 2. The molecule has 0 aliphatic carbocycles. The number of nitrogens with zero attached hydrogens (tertiary/aromatic N) is 2. The number of halogens is 1. The second-order valence-corrected chi connectivity index (χ2v) is 4.94. The molecular weight excluding hydrogens is 288 g/mol. The first kappa shape index (κ1) is 11.2. The molecule has 0 radical (unpaired) electrons. The highest BCUT2D eigenvalue weighted by molar-refractivity contribution is 9.10. The van der Waals surface area contributed by atoms with Crippen molar-refractivity contribution in [2.45, 2.75) is 0 Å². The van der Waals surface area contributed by atoms with Crippen LogP contribution in [0, 0.1) is 0 Å². The lowest BCUT2D eigenvalue weighted by molar-refractivity contribution is 0.881. The SMILES string of the molecule is Brc1cnn(-c2cccc(-c3ccccc3)c2)c1. The molecule has 2 nitrogen and oxygen atoms in total. The molecule has 0 aliphatic rings. The lowest BCUT2D eigenvalue weighted by atomic mass is 10.1. The maximum Gasteiger partial charge on any atom is 0.0652 e. The van der Waals surface area contributed by atoms with E-state index < -0.39 is 0 Å². The highest BCUT2D eigenvalue weighted by Crippen LogP contribution is 2.22. The molecule has 0 unspecified atom stereocenters. The zero-order chi connectivity index (χ0) is 12.4. The molecule has 0 fully saturated rings. The van der Waals surface area contributed by atoms with Gasteiger partial charge >= 0.3 is 0 Å². The van der Waals surface area contributed by atoms with Gasteiger partial charge in [0.05, 0.1) is 16.4 Å². The van der Waals surface area contributed by atoms with Gasteiger partial charge in [0, 0.05) is 6.20 Å². The van der Waals surface area contributed by atoms with E-state index in [0.29, 0.717) is 0 Å². The van der Waals surface area contributed by atoms with Gasteiger partial charge in [-0.3, -0.25) is 0 Å². The van der Waals surface area contributed by atoms with Crippen LogP contribution in [0.25, 0.3) is 16.8 Å². The molecule has 0 saturated heterocycles. The highest BCUT2D eigenvalue weighted by atomic mass is 79.9. The fourth-order valence-corrected chi connectivity index (χ4v) is 2.19. The van der Waals surface area contributed by atoms with Crippen LogP contribution in [0.1, 0.15) is 0 Å². The van der Waals surface area contributed by atoms with Gasteiger partial charge < -0.3 is 0 Å². The first-order chi connectivity index (χ1) is 8.83. The largest absolute Gasteiger partial charge is 0.240 e. The Bertz CT molecular complexity index is 659. The molecule has 0 spiro atoms. The molecule has 2 aromatic carbocycles. The average molecular weight is 299 g/mol. The molecule has 88 valence electrons. The van der Waals surface area contributed by atoms with Crippen LogP contribution >= 0.6 is 15.9 Å². The summed E-state index contributed by atoms with van der Waals surface area (Å²) in [4.78, 5) is 0. The highest BCUT2D eigenvalue weighted by Gasteiger charge is 2.01. The average Bonchev–Trinajstić information content (AvgIpc) is 2.87. The van der Waals surface area contributed by atoms with Crippen molar-refractivity contribution in [2.75, 3.05) is 0 Å². The molecule has 3 aromatic rings. The molecule has 1 aromatic heterocycles. The van der Waals surface area contributed by atoms with Gasteiger partial charge in [-0.25, -0.2) is 4.68 Å². The van der Waals surface area contributed by atoms with Crippen molar-refractivity contribution >= 4 is 15.9 Å². The standard InChI is InChI=1S/C15H11BrN2/c16-14-10-17-18(11-14)15-8-4-7-13(9-15)12-5-2-1-3-6-12/h1-11H. The van der Waals surface area contributed by atoms with E-state index in [1.807, 2.05) is 41.2 Å². The first-order valence-electron chi connectivity index (χ1n) is 5.69. The number of hydrogen-bond donors (Lipinski definition) is 0. The Hall–Kier alpha value is -1.87. The summed E-state index contributed by atoms with van der Waals surface area (Å²) >= 11 is 3.41. The fraction of sp³-hybridized carbons (Fsp3) is 0. The van der Waals surface area contributed by atoms with Crippen LogP contribution in [-0.2, 0) is 0 Å². The lowest BCUT2D eigenvalue weighted by Crippen LogP contribution is -1.93. The summed E-state index contributed by atoms with van der Waals surface area (Å²) in [5, 5.41) is 4.29. The quantitative estimate of drug-likeness (QED) is 0.690. The van der Waals surface area contributed by atoms with Crippen LogP contribution < -0.4 is 0 Å². The van der Waals surface area contributed by atoms with E-state index >= 15 is 0 Å². The summed E-state index contributed by atoms with van der Waals surface area (Å²) in [6.45, 7) is 0. The normalized spacial score (nSPS) is 10.5. The molecule has 0 N–H and O–H groups in total. The van der Waals surface area contributed by atoms with Crippen LogP contribution in [0.15, 0.2) is 71.5 Å². The molecule has 0 bridgehead atoms. The van der Waals surface area contributed by atoms with Gasteiger partial charge in [0.1, 0.15) is 0 Å². The third kappa shape index (κ3) is 2.22. The monoisotopic (exact) mass is 298 g/mol. The number of hydrogen-bond acceptors (Lipinski definition) is 1. The zero-order valence-corrected chi connectivity index (χ0v) is 11.2. The summed E-state index contributed by atoms with van der Waals surface area (Å²) in [6.07, 6.45) is 3.74. The van der Waals surface area contributed by atoms with Gasteiger partial charge in [-0.05, 0) is 39.2 Å². The molecule has 1 heterocycles. The van der Waals surface area contributed by atoms with Crippen molar-refractivity contribution in [1.29, 1.82) is 0 Å². The van der Waals surface area contributed by atoms with Gasteiger partial charge in [0.15, 0.2) is 0 Å². The van der Waals surface area contributed by atoms with Crippen molar-refractivity contribution in [1.82, 2.24) is 9.78 Å². The third-order valence-corrected chi connectivity index (χ3v) is 3.18. The van der Waals surface area contributed by atoms with Gasteiger partial charge in [-0.1, -0.05) is 42.5 Å². The molecule has 0 atom stereocenters. The molecule has 0 aliphatic heterocycles. The smallest absolute Gasteiger partial charge is 0.0652 e. The Kier molecular flexibility index (Phi) is 2.99. The Morgan fingerprint density at radius 1 is 0.889 bits per heavy atom.